The first-order valence-corrected chi connectivity index (χ1v) is 12.6. The molecule has 0 aromatic heterocycles. The van der Waals surface area contributed by atoms with E-state index in [1.165, 1.54) is 10.7 Å². The van der Waals surface area contributed by atoms with Crippen LogP contribution in [0.5, 0.6) is 0 Å². The fraction of sp³-hybridized carbons (Fsp3) is 0.682. The highest BCUT2D eigenvalue weighted by Crippen LogP contribution is 2.21. The number of piperidine rings is 1. The van der Waals surface area contributed by atoms with E-state index in [1.807, 2.05) is 24.0 Å². The van der Waals surface area contributed by atoms with Gasteiger partial charge in [0, 0.05) is 58.3 Å². The Morgan fingerprint density at radius 3 is 2.57 bits per heavy atom. The van der Waals surface area contributed by atoms with E-state index in [2.05, 4.69) is 17.1 Å². The zero-order chi connectivity index (χ0) is 21.6. The van der Waals surface area contributed by atoms with Gasteiger partial charge < -0.3 is 10.2 Å². The highest BCUT2D eigenvalue weighted by molar-refractivity contribution is 7.89. The van der Waals surface area contributed by atoms with Crippen molar-refractivity contribution in [2.75, 3.05) is 52.4 Å². The molecule has 0 radical (unpaired) electrons. The molecule has 1 unspecified atom stereocenters. The normalized spacial score (nSPS) is 21.2. The maximum atomic E-state index is 13.5. The number of nitrogens with one attached hydrogen (secondary N) is 1. The van der Waals surface area contributed by atoms with E-state index >= 15 is 0 Å². The summed E-state index contributed by atoms with van der Waals surface area (Å²) in [7, 11) is -3.65. The maximum Gasteiger partial charge on any atom is 0.243 e. The van der Waals surface area contributed by atoms with Crippen LogP contribution in [0.3, 0.4) is 0 Å². The molecule has 7 nitrogen and oxygen atoms in total. The second kappa shape index (κ2) is 10.7. The fourth-order valence-corrected chi connectivity index (χ4v) is 6.02. The van der Waals surface area contributed by atoms with Crippen LogP contribution in [-0.4, -0.2) is 86.8 Å². The van der Waals surface area contributed by atoms with Crippen molar-refractivity contribution in [3.05, 3.63) is 29.8 Å². The highest BCUT2D eigenvalue weighted by atomic mass is 32.2. The molecule has 1 atom stereocenters. The van der Waals surface area contributed by atoms with Crippen molar-refractivity contribution < 1.29 is 13.2 Å². The zero-order valence-electron chi connectivity index (χ0n) is 18.3. The van der Waals surface area contributed by atoms with Crippen LogP contribution in [0, 0.1) is 6.92 Å². The largest absolute Gasteiger partial charge is 0.340 e. The third kappa shape index (κ3) is 5.81. The number of aryl methyl sites for hydroxylation is 1. The molecule has 168 valence electrons. The van der Waals surface area contributed by atoms with Crippen molar-refractivity contribution in [1.82, 2.24) is 19.4 Å². The molecule has 2 fully saturated rings. The summed E-state index contributed by atoms with van der Waals surface area (Å²) >= 11 is 0. The van der Waals surface area contributed by atoms with Crippen molar-refractivity contribution in [3.8, 4) is 0 Å². The molecular weight excluding hydrogens is 400 g/mol. The second-order valence-electron chi connectivity index (χ2n) is 8.43. The van der Waals surface area contributed by atoms with Gasteiger partial charge in [-0.1, -0.05) is 24.6 Å². The monoisotopic (exact) mass is 436 g/mol. The predicted octanol–water partition coefficient (Wildman–Crippen LogP) is 1.68. The Bertz CT molecular complexity index is 808. The van der Waals surface area contributed by atoms with E-state index in [-0.39, 0.29) is 18.9 Å². The molecule has 2 aliphatic heterocycles. The summed E-state index contributed by atoms with van der Waals surface area (Å²) in [6, 6.07) is 7.58. The van der Waals surface area contributed by atoms with Gasteiger partial charge in [-0.15, -0.1) is 0 Å². The first-order chi connectivity index (χ1) is 14.4. The Kier molecular flexibility index (Phi) is 8.27. The molecule has 0 spiro atoms. The number of likely N-dealkylation sites (tertiary alicyclic amines) is 1. The van der Waals surface area contributed by atoms with Crippen molar-refractivity contribution in [2.45, 2.75) is 50.5 Å². The molecule has 30 heavy (non-hydrogen) atoms. The van der Waals surface area contributed by atoms with Gasteiger partial charge in [0.1, 0.15) is 0 Å². The zero-order valence-corrected chi connectivity index (χ0v) is 19.2. The molecule has 0 saturated carbocycles. The number of rotatable bonds is 8. The SMILES string of the molecule is Cc1ccccc1S(=O)(=O)N(CCC(=O)N1CCNCC1)CCN1CCCCC1C. The minimum Gasteiger partial charge on any atom is -0.340 e. The Hall–Kier alpha value is -1.48. The topological polar surface area (TPSA) is 73.0 Å². The predicted molar refractivity (Wildman–Crippen MR) is 119 cm³/mol. The summed E-state index contributed by atoms with van der Waals surface area (Å²) < 4.78 is 28.5. The van der Waals surface area contributed by atoms with Gasteiger partial charge in [0.15, 0.2) is 0 Å². The van der Waals surface area contributed by atoms with E-state index in [0.717, 1.165) is 38.0 Å². The van der Waals surface area contributed by atoms with Crippen molar-refractivity contribution in [1.29, 1.82) is 0 Å². The van der Waals surface area contributed by atoms with Crippen LogP contribution in [0.2, 0.25) is 0 Å². The average molecular weight is 437 g/mol. The van der Waals surface area contributed by atoms with Crippen LogP contribution in [0.4, 0.5) is 0 Å². The molecular formula is C22H36N4O3S. The maximum absolute atomic E-state index is 13.5. The molecule has 1 N–H and O–H groups in total. The highest BCUT2D eigenvalue weighted by Gasteiger charge is 2.29. The Balaban J connectivity index is 1.72. The van der Waals surface area contributed by atoms with Crippen molar-refractivity contribution in [2.24, 2.45) is 0 Å². The van der Waals surface area contributed by atoms with Gasteiger partial charge >= 0.3 is 0 Å². The summed E-state index contributed by atoms with van der Waals surface area (Å²) in [6.07, 6.45) is 3.78. The van der Waals surface area contributed by atoms with Gasteiger partial charge in [-0.25, -0.2) is 8.42 Å². The standard InChI is InChI=1S/C22H36N4O3S/c1-19-7-3-4-9-21(19)30(28,29)26(18-17-24-13-6-5-8-20(24)2)14-10-22(27)25-15-11-23-12-16-25/h3-4,7,9,20,23H,5-6,8,10-18H2,1-2H3. The molecule has 1 aromatic rings. The van der Waals surface area contributed by atoms with Crippen LogP contribution in [0.15, 0.2) is 29.2 Å². The van der Waals surface area contributed by atoms with Gasteiger partial charge in [-0.05, 0) is 44.9 Å². The minimum atomic E-state index is -3.65. The van der Waals surface area contributed by atoms with Crippen LogP contribution in [-0.2, 0) is 14.8 Å². The first kappa shape index (κ1) is 23.2. The van der Waals surface area contributed by atoms with Crippen LogP contribution >= 0.6 is 0 Å². The lowest BCUT2D eigenvalue weighted by atomic mass is 10.0. The number of benzene rings is 1. The summed E-state index contributed by atoms with van der Waals surface area (Å²) in [4.78, 5) is 17.2. The van der Waals surface area contributed by atoms with E-state index < -0.39 is 10.0 Å². The van der Waals surface area contributed by atoms with Crippen molar-refractivity contribution >= 4 is 15.9 Å². The molecule has 0 bridgehead atoms. The first-order valence-electron chi connectivity index (χ1n) is 11.2. The second-order valence-corrected chi connectivity index (χ2v) is 10.3. The lowest BCUT2D eigenvalue weighted by molar-refractivity contribution is -0.131. The van der Waals surface area contributed by atoms with Gasteiger partial charge in [-0.3, -0.25) is 9.69 Å². The van der Waals surface area contributed by atoms with Gasteiger partial charge in [0.25, 0.3) is 0 Å². The summed E-state index contributed by atoms with van der Waals surface area (Å²) in [5.74, 6) is 0.0350. The van der Waals surface area contributed by atoms with Crippen LogP contribution < -0.4 is 5.32 Å². The lowest BCUT2D eigenvalue weighted by Crippen LogP contribution is -2.48. The Labute approximate surface area is 181 Å². The Morgan fingerprint density at radius 2 is 1.87 bits per heavy atom. The molecule has 0 aliphatic carbocycles. The number of piperazine rings is 1. The van der Waals surface area contributed by atoms with Gasteiger partial charge in [0.05, 0.1) is 4.90 Å². The lowest BCUT2D eigenvalue weighted by Gasteiger charge is -2.35. The average Bonchev–Trinajstić information content (AvgIpc) is 2.75. The number of nitrogens with zero attached hydrogens (tertiary/aromatic N) is 3. The summed E-state index contributed by atoms with van der Waals surface area (Å²) in [5.41, 5.74) is 0.738. The van der Waals surface area contributed by atoms with Crippen LogP contribution in [0.25, 0.3) is 0 Å². The van der Waals surface area contributed by atoms with E-state index in [0.29, 0.717) is 37.1 Å². The molecule has 8 heteroatoms. The molecule has 1 aromatic carbocycles. The quantitative estimate of drug-likeness (QED) is 0.671. The van der Waals surface area contributed by atoms with Crippen LogP contribution in [0.1, 0.15) is 38.2 Å². The number of carbonyl (C=O) groups excluding carboxylic acids is 1. The molecule has 3 rings (SSSR count). The minimum absolute atomic E-state index is 0.0350. The number of hydrogen-bond donors (Lipinski definition) is 1. The Morgan fingerprint density at radius 1 is 1.13 bits per heavy atom. The van der Waals surface area contributed by atoms with Crippen molar-refractivity contribution in [3.63, 3.8) is 0 Å². The van der Waals surface area contributed by atoms with E-state index in [1.54, 1.807) is 12.1 Å². The fourth-order valence-electron chi connectivity index (χ4n) is 4.36. The summed E-state index contributed by atoms with van der Waals surface area (Å²) in [6.45, 7) is 9.36. The van der Waals surface area contributed by atoms with Gasteiger partial charge in [0.2, 0.25) is 15.9 Å². The molecule has 2 heterocycles. The van der Waals surface area contributed by atoms with E-state index in [4.69, 9.17) is 0 Å². The number of hydrogen-bond acceptors (Lipinski definition) is 5. The van der Waals surface area contributed by atoms with Gasteiger partial charge in [-0.2, -0.15) is 4.31 Å². The smallest absolute Gasteiger partial charge is 0.243 e. The third-order valence-corrected chi connectivity index (χ3v) is 8.39. The van der Waals surface area contributed by atoms with E-state index in [9.17, 15) is 13.2 Å². The third-order valence-electron chi connectivity index (χ3n) is 6.33. The number of amides is 1. The molecule has 2 saturated heterocycles. The number of sulfonamides is 1. The number of carbonyl (C=O) groups is 1. The summed E-state index contributed by atoms with van der Waals surface area (Å²) in [5, 5.41) is 3.24. The molecule has 2 aliphatic rings. The molecule has 1 amide bonds.